The van der Waals surface area contributed by atoms with E-state index in [4.69, 9.17) is 17.6 Å². The van der Waals surface area contributed by atoms with Crippen molar-refractivity contribution in [1.29, 1.82) is 0 Å². The van der Waals surface area contributed by atoms with E-state index in [2.05, 4.69) is 16.0 Å². The number of rotatable bonds is 4. The van der Waals surface area contributed by atoms with Gasteiger partial charge in [0.15, 0.2) is 0 Å². The summed E-state index contributed by atoms with van der Waals surface area (Å²) in [6.45, 7) is 0. The third kappa shape index (κ3) is 4.81. The maximum atomic E-state index is 5.42. The summed E-state index contributed by atoms with van der Waals surface area (Å²) in [5.41, 5.74) is 3.37. The van der Waals surface area contributed by atoms with Gasteiger partial charge in [-0.1, -0.05) is 54.2 Å². The smallest absolute Gasteiger partial charge is 0.789 e. The molecule has 0 N–H and O–H groups in total. The largest absolute Gasteiger partial charge is 2.00 e. The predicted molar refractivity (Wildman–Crippen MR) is 106 cm³/mol. The Morgan fingerprint density at radius 1 is 0.778 bits per heavy atom. The minimum Gasteiger partial charge on any atom is -0.789 e. The average Bonchev–Trinajstić information content (AvgIpc) is 2.69. The third-order valence-corrected chi connectivity index (χ3v) is 4.93. The van der Waals surface area contributed by atoms with Crippen LogP contribution in [0.3, 0.4) is 0 Å². The molecule has 4 aromatic rings. The fraction of sp³-hybridized carbons (Fsp3) is 0. The van der Waals surface area contributed by atoms with Crippen LogP contribution in [0.2, 0.25) is 0 Å². The Morgan fingerprint density at radius 2 is 1.59 bits per heavy atom. The maximum absolute atomic E-state index is 5.42. The number of hydrogen-bond acceptors (Lipinski definition) is 5. The van der Waals surface area contributed by atoms with Crippen LogP contribution in [0.25, 0.3) is 22.5 Å². The first-order valence-electron chi connectivity index (χ1n) is 8.01. The molecule has 27 heavy (non-hydrogen) atoms. The molecule has 3 aromatic heterocycles. The molecule has 4 rings (SSSR count). The van der Waals surface area contributed by atoms with Gasteiger partial charge >= 0.3 is 21.1 Å². The Hall–Kier alpha value is -2.07. The van der Waals surface area contributed by atoms with Gasteiger partial charge in [0.25, 0.3) is 0 Å². The first-order chi connectivity index (χ1) is 12.8. The van der Waals surface area contributed by atoms with Gasteiger partial charge in [0.1, 0.15) is 5.03 Å². The van der Waals surface area contributed by atoms with Gasteiger partial charge in [0, 0.05) is 17.6 Å². The molecule has 0 saturated carbocycles. The van der Waals surface area contributed by atoms with Crippen molar-refractivity contribution in [3.05, 3.63) is 85.2 Å². The molecule has 0 spiro atoms. The molecule has 0 unspecified atom stereocenters. The summed E-state index contributed by atoms with van der Waals surface area (Å²) in [4.78, 5) is 14.3. The van der Waals surface area contributed by atoms with Crippen molar-refractivity contribution in [2.75, 3.05) is 0 Å². The molecule has 0 radical (unpaired) electrons. The van der Waals surface area contributed by atoms with Crippen LogP contribution in [0.5, 0.6) is 0 Å². The van der Waals surface area contributed by atoms with Crippen LogP contribution in [-0.4, -0.2) is 15.0 Å². The van der Waals surface area contributed by atoms with Crippen LogP contribution in [0.4, 0.5) is 0 Å². The summed E-state index contributed by atoms with van der Waals surface area (Å²) in [6.07, 6.45) is 3.54. The summed E-state index contributed by atoms with van der Waals surface area (Å²) >= 11 is 6.94. The van der Waals surface area contributed by atoms with Gasteiger partial charge in [-0.05, 0) is 24.4 Å². The van der Waals surface area contributed by atoms with Crippen LogP contribution in [0.1, 0.15) is 0 Å². The second-order valence-corrected chi connectivity index (χ2v) is 6.94. The molecule has 0 fully saturated rings. The zero-order valence-electron chi connectivity index (χ0n) is 14.0. The molecule has 6 heteroatoms. The summed E-state index contributed by atoms with van der Waals surface area (Å²) in [5.74, 6) is 0. The molecule has 0 aliphatic carbocycles. The number of aromatic nitrogens is 3. The van der Waals surface area contributed by atoms with E-state index < -0.39 is 0 Å². The summed E-state index contributed by atoms with van der Waals surface area (Å²) in [5, 5.41) is 1.77. The maximum Gasteiger partial charge on any atom is 2.00 e. The van der Waals surface area contributed by atoms with Gasteiger partial charge < -0.3 is 12.6 Å². The van der Waals surface area contributed by atoms with Crippen molar-refractivity contribution in [3.63, 3.8) is 0 Å². The Labute approximate surface area is 182 Å². The van der Waals surface area contributed by atoms with Crippen molar-refractivity contribution >= 4 is 24.4 Å². The Morgan fingerprint density at radius 3 is 2.41 bits per heavy atom. The fourth-order valence-corrected chi connectivity index (χ4v) is 3.50. The normalized spacial score (nSPS) is 10.2. The van der Waals surface area contributed by atoms with Crippen LogP contribution in [0, 0.1) is 6.07 Å². The van der Waals surface area contributed by atoms with Crippen LogP contribution in [0.15, 0.2) is 94.1 Å². The van der Waals surface area contributed by atoms with Gasteiger partial charge in [-0.3, -0.25) is 9.97 Å². The van der Waals surface area contributed by atoms with E-state index in [1.807, 2.05) is 66.7 Å². The second-order valence-electron chi connectivity index (χ2n) is 5.46. The van der Waals surface area contributed by atoms with E-state index in [1.165, 1.54) is 11.8 Å². The van der Waals surface area contributed by atoms with E-state index in [9.17, 15) is 0 Å². The van der Waals surface area contributed by atoms with Crippen LogP contribution in [-0.2, 0) is 33.7 Å². The van der Waals surface area contributed by atoms with Crippen molar-refractivity contribution in [2.24, 2.45) is 0 Å². The zero-order valence-corrected chi connectivity index (χ0v) is 17.9. The predicted octanol–water partition coefficient (Wildman–Crippen LogP) is 5.06. The van der Waals surface area contributed by atoms with Crippen LogP contribution >= 0.6 is 11.8 Å². The standard InChI is InChI=1S/C21H14N3S2.Pt/c25-19-8-2-1-6-16(19)15-11-13-22-18(14-15)17-7-5-10-21(24-17)26-20-9-3-4-12-23-20;/h1-13,25H;/q-1;+2/p-1. The molecular formula is C21H13N3PtS2. The molecule has 0 saturated heterocycles. The number of hydrogen-bond donors (Lipinski definition) is 0. The molecule has 3 heterocycles. The molecule has 0 bridgehead atoms. The van der Waals surface area contributed by atoms with E-state index in [-0.39, 0.29) is 21.1 Å². The van der Waals surface area contributed by atoms with Gasteiger partial charge in [-0.2, -0.15) is 0 Å². The Balaban J connectivity index is 0.00000210. The molecule has 134 valence electrons. The monoisotopic (exact) mass is 566 g/mol. The zero-order chi connectivity index (χ0) is 17.8. The summed E-state index contributed by atoms with van der Waals surface area (Å²) in [6, 6.07) is 24.8. The molecule has 1 aromatic carbocycles. The van der Waals surface area contributed by atoms with E-state index in [1.54, 1.807) is 12.4 Å². The van der Waals surface area contributed by atoms with E-state index in [0.717, 1.165) is 31.8 Å². The number of benzene rings is 1. The minimum atomic E-state index is 0. The van der Waals surface area contributed by atoms with E-state index >= 15 is 0 Å². The molecule has 0 aliphatic rings. The molecule has 0 amide bonds. The van der Waals surface area contributed by atoms with Crippen molar-refractivity contribution in [2.45, 2.75) is 14.9 Å². The minimum absolute atomic E-state index is 0. The van der Waals surface area contributed by atoms with Crippen molar-refractivity contribution in [3.8, 4) is 22.5 Å². The molecular weight excluding hydrogens is 553 g/mol. The van der Waals surface area contributed by atoms with E-state index in [0.29, 0.717) is 5.69 Å². The van der Waals surface area contributed by atoms with Gasteiger partial charge in [-0.15, -0.1) is 23.3 Å². The summed E-state index contributed by atoms with van der Waals surface area (Å²) in [7, 11) is 0. The van der Waals surface area contributed by atoms with Gasteiger partial charge in [0.2, 0.25) is 0 Å². The molecule has 0 atom stereocenters. The Bertz CT molecular complexity index is 1040. The molecule has 3 nitrogen and oxygen atoms in total. The van der Waals surface area contributed by atoms with Crippen LogP contribution < -0.4 is 0 Å². The van der Waals surface area contributed by atoms with Gasteiger partial charge in [-0.25, -0.2) is 9.88 Å². The average molecular weight is 567 g/mol. The topological polar surface area (TPSA) is 38.7 Å². The fourth-order valence-electron chi connectivity index (χ4n) is 2.48. The molecule has 0 aliphatic heterocycles. The number of nitrogens with zero attached hydrogens (tertiary/aromatic N) is 3. The van der Waals surface area contributed by atoms with Crippen molar-refractivity contribution in [1.82, 2.24) is 15.0 Å². The third-order valence-electron chi connectivity index (χ3n) is 3.69. The van der Waals surface area contributed by atoms with Gasteiger partial charge in [0.05, 0.1) is 5.03 Å². The second kappa shape index (κ2) is 9.22. The first kappa shape index (κ1) is 19.7. The SMILES string of the molecule is [Pt+2].[S-]c1ccccc1-c1[c-]c(-c2cccc(Sc3ccccn3)n2)ncc1. The van der Waals surface area contributed by atoms with Crippen molar-refractivity contribution < 1.29 is 21.1 Å². The Kier molecular flexibility index (Phi) is 6.72. The number of pyridine rings is 3. The quantitative estimate of drug-likeness (QED) is 0.255. The first-order valence-corrected chi connectivity index (χ1v) is 9.23. The summed E-state index contributed by atoms with van der Waals surface area (Å²) < 4.78 is 0.